The van der Waals surface area contributed by atoms with E-state index in [1.165, 1.54) is 11.1 Å². The van der Waals surface area contributed by atoms with E-state index in [1.807, 2.05) is 0 Å². The lowest BCUT2D eigenvalue weighted by Gasteiger charge is -2.54. The lowest BCUT2D eigenvalue weighted by molar-refractivity contribution is -0.124. The molecule has 4 atom stereocenters. The number of hydrogen-bond acceptors (Lipinski definition) is 2. The number of aliphatic hydroxyl groups excluding tert-OH is 1. The fourth-order valence-corrected chi connectivity index (χ4v) is 4.99. The third-order valence-electron chi connectivity index (χ3n) is 6.42. The van der Waals surface area contributed by atoms with Crippen LogP contribution in [0.25, 0.3) is 0 Å². The van der Waals surface area contributed by atoms with Crippen LogP contribution in [-0.4, -0.2) is 11.4 Å². The highest BCUT2D eigenvalue weighted by molar-refractivity contribution is 5.61. The van der Waals surface area contributed by atoms with E-state index in [1.54, 1.807) is 0 Å². The summed E-state index contributed by atoms with van der Waals surface area (Å²) in [5.41, 5.74) is 3.36. The molecule has 1 aromatic rings. The molecule has 0 saturated heterocycles. The minimum absolute atomic E-state index is 0.0119. The van der Waals surface area contributed by atoms with Crippen LogP contribution in [0.3, 0.4) is 0 Å². The second-order valence-electron chi connectivity index (χ2n) is 8.20. The fraction of sp³-hybridized carbons (Fsp3) is 0.650. The van der Waals surface area contributed by atoms with E-state index >= 15 is 0 Å². The minimum atomic E-state index is -0.441. The molecule has 2 aliphatic carbocycles. The second-order valence-corrected chi connectivity index (χ2v) is 8.20. The number of rotatable bonds is 2. The van der Waals surface area contributed by atoms with Gasteiger partial charge in [-0.1, -0.05) is 52.3 Å². The van der Waals surface area contributed by atoms with Crippen LogP contribution in [0.2, 0.25) is 0 Å². The molecule has 2 aliphatic rings. The van der Waals surface area contributed by atoms with Gasteiger partial charge in [0.15, 0.2) is 0 Å². The lowest BCUT2D eigenvalue weighted by atomic mass is 9.49. The quantitative estimate of drug-likeness (QED) is 0.816. The van der Waals surface area contributed by atoms with Crippen molar-refractivity contribution in [2.45, 2.75) is 70.8 Å². The monoisotopic (exact) mass is 300 g/mol. The van der Waals surface area contributed by atoms with E-state index in [0.29, 0.717) is 12.3 Å². The van der Waals surface area contributed by atoms with Crippen molar-refractivity contribution in [3.05, 3.63) is 34.9 Å². The highest BCUT2D eigenvalue weighted by atomic mass is 16.3. The number of benzene rings is 1. The maximum absolute atomic E-state index is 11.8. The maximum Gasteiger partial charge on any atom is 0.126 e. The number of fused-ring (bicyclic) bond motifs is 3. The van der Waals surface area contributed by atoms with Crippen molar-refractivity contribution in [2.75, 3.05) is 0 Å². The summed E-state index contributed by atoms with van der Waals surface area (Å²) in [6.45, 7) is 8.76. The number of aldehydes is 1. The topological polar surface area (TPSA) is 37.3 Å². The molecule has 3 rings (SSSR count). The summed E-state index contributed by atoms with van der Waals surface area (Å²) in [5.74, 6) is 0.702. The highest BCUT2D eigenvalue weighted by Gasteiger charge is 2.53. The molecule has 0 amide bonds. The van der Waals surface area contributed by atoms with Gasteiger partial charge in [-0.2, -0.15) is 0 Å². The van der Waals surface area contributed by atoms with Crippen LogP contribution >= 0.6 is 0 Å². The average molecular weight is 300 g/mol. The largest absolute Gasteiger partial charge is 0.388 e. The van der Waals surface area contributed by atoms with Gasteiger partial charge in [-0.05, 0) is 53.2 Å². The summed E-state index contributed by atoms with van der Waals surface area (Å²) in [6.07, 6.45) is 4.56. The van der Waals surface area contributed by atoms with Crippen molar-refractivity contribution in [3.63, 3.8) is 0 Å². The van der Waals surface area contributed by atoms with E-state index < -0.39 is 6.10 Å². The number of hydrogen-bond donors (Lipinski definition) is 1. The number of aliphatic hydroxyl groups is 1. The Bertz CT molecular complexity index is 591. The molecular weight excluding hydrogens is 272 g/mol. The van der Waals surface area contributed by atoms with Gasteiger partial charge in [-0.3, -0.25) is 0 Å². The summed E-state index contributed by atoms with van der Waals surface area (Å²) in [7, 11) is 0. The van der Waals surface area contributed by atoms with Crippen LogP contribution in [0.1, 0.15) is 82.1 Å². The highest BCUT2D eigenvalue weighted by Crippen LogP contribution is 2.58. The molecule has 0 heterocycles. The third kappa shape index (κ3) is 2.15. The zero-order chi connectivity index (χ0) is 16.1. The first kappa shape index (κ1) is 15.7. The molecule has 0 radical (unpaired) electrons. The van der Waals surface area contributed by atoms with Crippen LogP contribution in [0.15, 0.2) is 18.2 Å². The van der Waals surface area contributed by atoms with Crippen molar-refractivity contribution >= 4 is 6.29 Å². The predicted octanol–water partition coefficient (Wildman–Crippen LogP) is 4.51. The molecule has 1 N–H and O–H groups in total. The normalized spacial score (nSPS) is 37.5. The summed E-state index contributed by atoms with van der Waals surface area (Å²) < 4.78 is 0. The Balaban J connectivity index is 2.13. The van der Waals surface area contributed by atoms with Gasteiger partial charge in [0.2, 0.25) is 0 Å². The second kappa shape index (κ2) is 5.19. The number of carbonyl (C=O) groups is 1. The van der Waals surface area contributed by atoms with Gasteiger partial charge in [-0.25, -0.2) is 0 Å². The molecule has 1 saturated carbocycles. The SMILES string of the molecule is CC(C)c1ccc2c(c1)[C@@H](O)C[C@H]1[C@@](C)(C=O)CCC[C@]21C. The lowest BCUT2D eigenvalue weighted by Crippen LogP contribution is -2.50. The molecule has 0 unspecified atom stereocenters. The predicted molar refractivity (Wildman–Crippen MR) is 89.0 cm³/mol. The Morgan fingerprint density at radius 2 is 2.00 bits per heavy atom. The number of carbonyl (C=O) groups excluding carboxylic acids is 1. The van der Waals surface area contributed by atoms with Crippen molar-refractivity contribution in [1.82, 2.24) is 0 Å². The van der Waals surface area contributed by atoms with Gasteiger partial charge in [0.1, 0.15) is 6.29 Å². The molecule has 2 nitrogen and oxygen atoms in total. The summed E-state index contributed by atoms with van der Waals surface area (Å²) >= 11 is 0. The molecule has 22 heavy (non-hydrogen) atoms. The smallest absolute Gasteiger partial charge is 0.126 e. The van der Waals surface area contributed by atoms with E-state index in [2.05, 4.69) is 45.9 Å². The molecular formula is C20H28O2. The molecule has 2 heteroatoms. The Morgan fingerprint density at radius 1 is 1.27 bits per heavy atom. The molecule has 0 spiro atoms. The average Bonchev–Trinajstić information content (AvgIpc) is 2.49. The van der Waals surface area contributed by atoms with Gasteiger partial charge in [0.05, 0.1) is 6.10 Å². The van der Waals surface area contributed by atoms with E-state index in [-0.39, 0.29) is 16.7 Å². The van der Waals surface area contributed by atoms with Crippen LogP contribution in [-0.2, 0) is 10.2 Å². The third-order valence-corrected chi connectivity index (χ3v) is 6.42. The van der Waals surface area contributed by atoms with Crippen LogP contribution in [0.4, 0.5) is 0 Å². The van der Waals surface area contributed by atoms with Crippen molar-refractivity contribution in [3.8, 4) is 0 Å². The van der Waals surface area contributed by atoms with Gasteiger partial charge >= 0.3 is 0 Å². The molecule has 0 aliphatic heterocycles. The first-order valence-corrected chi connectivity index (χ1v) is 8.60. The van der Waals surface area contributed by atoms with Crippen LogP contribution in [0.5, 0.6) is 0 Å². The summed E-state index contributed by atoms with van der Waals surface area (Å²) in [4.78, 5) is 11.8. The van der Waals surface area contributed by atoms with E-state index in [4.69, 9.17) is 0 Å². The zero-order valence-corrected chi connectivity index (χ0v) is 14.2. The zero-order valence-electron chi connectivity index (χ0n) is 14.2. The molecule has 120 valence electrons. The van der Waals surface area contributed by atoms with Crippen molar-refractivity contribution in [1.29, 1.82) is 0 Å². The maximum atomic E-state index is 11.8. The summed E-state index contributed by atoms with van der Waals surface area (Å²) in [5, 5.41) is 10.7. The Labute approximate surface area is 133 Å². The van der Waals surface area contributed by atoms with Gasteiger partial charge < -0.3 is 9.90 Å². The first-order valence-electron chi connectivity index (χ1n) is 8.60. The van der Waals surface area contributed by atoms with Crippen molar-refractivity contribution < 1.29 is 9.90 Å². The van der Waals surface area contributed by atoms with Gasteiger partial charge in [0, 0.05) is 5.41 Å². The van der Waals surface area contributed by atoms with Crippen LogP contribution < -0.4 is 0 Å². The molecule has 1 fully saturated rings. The first-order chi connectivity index (χ1) is 10.3. The van der Waals surface area contributed by atoms with E-state index in [0.717, 1.165) is 31.1 Å². The Hall–Kier alpha value is -1.15. The van der Waals surface area contributed by atoms with Crippen LogP contribution in [0, 0.1) is 11.3 Å². The van der Waals surface area contributed by atoms with Gasteiger partial charge in [0.25, 0.3) is 0 Å². The standard InChI is InChI=1S/C20H28O2/c1-13(2)14-6-7-16-15(10-14)17(22)11-18-19(3,12-21)8-5-9-20(16,18)4/h6-7,10,12-13,17-18,22H,5,8-9,11H2,1-4H3/t17-,18-,19+,20+/m0/s1. The van der Waals surface area contributed by atoms with Crippen molar-refractivity contribution in [2.24, 2.45) is 11.3 Å². The minimum Gasteiger partial charge on any atom is -0.388 e. The fourth-order valence-electron chi connectivity index (χ4n) is 4.99. The Morgan fingerprint density at radius 3 is 2.64 bits per heavy atom. The molecule has 0 aromatic heterocycles. The Kier molecular flexibility index (Phi) is 3.71. The molecule has 0 bridgehead atoms. The van der Waals surface area contributed by atoms with E-state index in [9.17, 15) is 9.90 Å². The molecule has 1 aromatic carbocycles. The summed E-state index contributed by atoms with van der Waals surface area (Å²) in [6, 6.07) is 6.62. The van der Waals surface area contributed by atoms with Gasteiger partial charge in [-0.15, -0.1) is 0 Å².